The molecule has 0 atom stereocenters. The van der Waals surface area contributed by atoms with Crippen LogP contribution in [-0.4, -0.2) is 6.61 Å². The largest absolute Gasteiger partial charge is 0.524 e. The standard InChI is InChI=1S/C13H11O.Co/c1-2-9-14-13-8-7-11-5-3-4-6-12(11)10-13;/h3-8,10H,1,9H2;/q-1;. The summed E-state index contributed by atoms with van der Waals surface area (Å²) in [7, 11) is 0. The van der Waals surface area contributed by atoms with E-state index in [1.54, 1.807) is 0 Å². The molecule has 0 aromatic heterocycles. The van der Waals surface area contributed by atoms with Crippen LogP contribution in [0.5, 0.6) is 5.75 Å². The molecule has 0 saturated carbocycles. The van der Waals surface area contributed by atoms with E-state index in [9.17, 15) is 0 Å². The van der Waals surface area contributed by atoms with Gasteiger partial charge < -0.3 is 10.8 Å². The van der Waals surface area contributed by atoms with Crippen LogP contribution in [0, 0.1) is 6.08 Å². The summed E-state index contributed by atoms with van der Waals surface area (Å²) in [6.45, 7) is 3.92. The summed E-state index contributed by atoms with van der Waals surface area (Å²) in [5, 5.41) is 2.41. The molecular weight excluding hydrogens is 231 g/mol. The molecule has 0 saturated heterocycles. The molecule has 0 aliphatic carbocycles. The molecule has 2 heteroatoms. The molecule has 15 heavy (non-hydrogen) atoms. The zero-order valence-corrected chi connectivity index (χ0v) is 9.24. The van der Waals surface area contributed by atoms with Gasteiger partial charge >= 0.3 is 0 Å². The van der Waals surface area contributed by atoms with Crippen LogP contribution in [0.4, 0.5) is 0 Å². The van der Waals surface area contributed by atoms with Crippen LogP contribution in [0.25, 0.3) is 10.8 Å². The van der Waals surface area contributed by atoms with Crippen LogP contribution >= 0.6 is 0 Å². The van der Waals surface area contributed by atoms with E-state index in [4.69, 9.17) is 4.74 Å². The van der Waals surface area contributed by atoms with Gasteiger partial charge in [-0.15, -0.1) is 0 Å². The molecule has 2 rings (SSSR count). The Morgan fingerprint density at radius 3 is 2.53 bits per heavy atom. The first-order valence-corrected chi connectivity index (χ1v) is 4.52. The normalized spacial score (nSPS) is 9.33. The predicted molar refractivity (Wildman–Crippen MR) is 58.3 cm³/mol. The van der Waals surface area contributed by atoms with Gasteiger partial charge in [0.15, 0.2) is 0 Å². The first kappa shape index (κ1) is 11.8. The van der Waals surface area contributed by atoms with Crippen molar-refractivity contribution in [3.63, 3.8) is 0 Å². The number of benzene rings is 2. The molecule has 1 radical (unpaired) electrons. The molecule has 79 valence electrons. The quantitative estimate of drug-likeness (QED) is 0.751. The zero-order valence-electron chi connectivity index (χ0n) is 8.20. The van der Waals surface area contributed by atoms with Crippen LogP contribution < -0.4 is 4.74 Å². The van der Waals surface area contributed by atoms with E-state index >= 15 is 0 Å². The van der Waals surface area contributed by atoms with Crippen LogP contribution in [0.15, 0.2) is 49.0 Å². The van der Waals surface area contributed by atoms with Gasteiger partial charge in [-0.2, -0.15) is 0 Å². The van der Waals surface area contributed by atoms with Crippen molar-refractivity contribution in [3.05, 3.63) is 55.1 Å². The topological polar surface area (TPSA) is 9.23 Å². The molecule has 0 fully saturated rings. The van der Waals surface area contributed by atoms with Gasteiger partial charge in [-0.3, -0.25) is 6.58 Å². The molecule has 2 aromatic carbocycles. The van der Waals surface area contributed by atoms with Crippen molar-refractivity contribution in [1.29, 1.82) is 0 Å². The second-order valence-electron chi connectivity index (χ2n) is 3.05. The van der Waals surface area contributed by atoms with Gasteiger partial charge in [0.25, 0.3) is 0 Å². The molecule has 0 bridgehead atoms. The Kier molecular flexibility index (Phi) is 4.40. The first-order chi connectivity index (χ1) is 6.90. The molecule has 0 aliphatic rings. The summed E-state index contributed by atoms with van der Waals surface area (Å²) >= 11 is 0. The van der Waals surface area contributed by atoms with Gasteiger partial charge in [0.1, 0.15) is 5.75 Å². The summed E-state index contributed by atoms with van der Waals surface area (Å²) < 4.78 is 5.39. The molecule has 0 amide bonds. The van der Waals surface area contributed by atoms with Crippen molar-refractivity contribution < 1.29 is 21.5 Å². The minimum atomic E-state index is 0. The Labute approximate surface area is 100.0 Å². The number of fused-ring (bicyclic) bond motifs is 1. The third-order valence-electron chi connectivity index (χ3n) is 2.06. The SMILES string of the molecule is C=[C-]COc1ccc2ccccc2c1.[Co]. The van der Waals surface area contributed by atoms with E-state index in [2.05, 4.69) is 24.8 Å². The Balaban J connectivity index is 0.00000112. The Hall–Kier alpha value is -1.25. The minimum Gasteiger partial charge on any atom is -0.524 e. The fourth-order valence-electron chi connectivity index (χ4n) is 1.39. The van der Waals surface area contributed by atoms with Crippen molar-refractivity contribution in [2.45, 2.75) is 0 Å². The number of hydrogen-bond acceptors (Lipinski definition) is 1. The van der Waals surface area contributed by atoms with Crippen LogP contribution in [-0.2, 0) is 16.8 Å². The molecule has 0 N–H and O–H groups in total. The van der Waals surface area contributed by atoms with Crippen molar-refractivity contribution in [2.75, 3.05) is 6.61 Å². The molecule has 0 heterocycles. The molecule has 1 nitrogen and oxygen atoms in total. The van der Waals surface area contributed by atoms with Gasteiger partial charge in [0.2, 0.25) is 0 Å². The number of rotatable bonds is 3. The summed E-state index contributed by atoms with van der Waals surface area (Å²) in [5.41, 5.74) is 0. The maximum atomic E-state index is 5.39. The Bertz CT molecular complexity index is 451. The summed E-state index contributed by atoms with van der Waals surface area (Å²) in [6.07, 6.45) is 2.69. The van der Waals surface area contributed by atoms with Crippen LogP contribution in [0.1, 0.15) is 0 Å². The third kappa shape index (κ3) is 2.85. The van der Waals surface area contributed by atoms with Crippen molar-refractivity contribution in [2.24, 2.45) is 0 Å². The van der Waals surface area contributed by atoms with E-state index in [0.717, 1.165) is 5.75 Å². The molecule has 0 aliphatic heterocycles. The van der Waals surface area contributed by atoms with Crippen molar-refractivity contribution in [1.82, 2.24) is 0 Å². The van der Waals surface area contributed by atoms with Crippen molar-refractivity contribution >= 4 is 10.8 Å². The maximum Gasteiger partial charge on any atom is 0.116 e. The zero-order chi connectivity index (χ0) is 9.80. The Morgan fingerprint density at radius 2 is 1.80 bits per heavy atom. The predicted octanol–water partition coefficient (Wildman–Crippen LogP) is 3.21. The van der Waals surface area contributed by atoms with E-state index in [0.29, 0.717) is 6.61 Å². The van der Waals surface area contributed by atoms with Gasteiger partial charge in [-0.1, -0.05) is 30.3 Å². The van der Waals surface area contributed by atoms with Crippen LogP contribution in [0.3, 0.4) is 0 Å². The minimum absolute atomic E-state index is 0. The van der Waals surface area contributed by atoms with E-state index in [1.807, 2.05) is 30.3 Å². The van der Waals surface area contributed by atoms with E-state index in [1.165, 1.54) is 10.8 Å². The summed E-state index contributed by atoms with van der Waals surface area (Å²) in [4.78, 5) is 0. The van der Waals surface area contributed by atoms with E-state index < -0.39 is 0 Å². The van der Waals surface area contributed by atoms with Gasteiger partial charge in [0, 0.05) is 16.8 Å². The summed E-state index contributed by atoms with van der Waals surface area (Å²) in [6, 6.07) is 14.2. The molecule has 2 aromatic rings. The molecule has 0 spiro atoms. The average molecular weight is 242 g/mol. The van der Waals surface area contributed by atoms with Crippen LogP contribution in [0.2, 0.25) is 0 Å². The van der Waals surface area contributed by atoms with Crippen molar-refractivity contribution in [3.8, 4) is 5.75 Å². The fourth-order valence-corrected chi connectivity index (χ4v) is 1.39. The molecular formula is C13H11CoO-. The second kappa shape index (κ2) is 5.58. The average Bonchev–Trinajstić information content (AvgIpc) is 2.26. The van der Waals surface area contributed by atoms with Gasteiger partial charge in [-0.05, 0) is 29.5 Å². The smallest absolute Gasteiger partial charge is 0.116 e. The number of ether oxygens (including phenoxy) is 1. The monoisotopic (exact) mass is 242 g/mol. The van der Waals surface area contributed by atoms with Gasteiger partial charge in [-0.25, -0.2) is 0 Å². The molecule has 0 unspecified atom stereocenters. The Morgan fingerprint density at radius 1 is 1.07 bits per heavy atom. The van der Waals surface area contributed by atoms with Gasteiger partial charge in [0.05, 0.1) is 0 Å². The summed E-state index contributed by atoms with van der Waals surface area (Å²) in [5.74, 6) is 0.861. The number of hydrogen-bond donors (Lipinski definition) is 0. The first-order valence-electron chi connectivity index (χ1n) is 4.52. The second-order valence-corrected chi connectivity index (χ2v) is 3.05. The maximum absolute atomic E-state index is 5.39. The fraction of sp³-hybridized carbons (Fsp3) is 0.0769. The van der Waals surface area contributed by atoms with E-state index in [-0.39, 0.29) is 16.8 Å². The third-order valence-corrected chi connectivity index (χ3v) is 2.06.